The Morgan fingerprint density at radius 1 is 1.38 bits per heavy atom. The Hall–Kier alpha value is -1.66. The predicted molar refractivity (Wildman–Crippen MR) is 101 cm³/mol. The van der Waals surface area contributed by atoms with Gasteiger partial charge in [-0.05, 0) is 38.3 Å². The van der Waals surface area contributed by atoms with E-state index in [1.54, 1.807) is 18.4 Å². The molecule has 1 aliphatic heterocycles. The van der Waals surface area contributed by atoms with E-state index < -0.39 is 0 Å². The summed E-state index contributed by atoms with van der Waals surface area (Å²) >= 11 is 1.79. The number of aromatic nitrogens is 1. The van der Waals surface area contributed by atoms with Crippen molar-refractivity contribution in [2.45, 2.75) is 38.2 Å². The number of fused-ring (bicyclic) bond motifs is 1. The van der Waals surface area contributed by atoms with E-state index >= 15 is 0 Å². The van der Waals surface area contributed by atoms with Crippen LogP contribution >= 0.6 is 11.3 Å². The topological polar surface area (TPSA) is 58.5 Å². The number of hydrogen-bond donors (Lipinski definition) is 2. The van der Waals surface area contributed by atoms with Crippen LogP contribution in [0.4, 0.5) is 0 Å². The minimum Gasteiger partial charge on any atom is -0.373 e. The molecule has 3 rings (SSSR count). The number of thiazole rings is 1. The zero-order valence-electron chi connectivity index (χ0n) is 14.5. The number of ether oxygens (including phenoxy) is 1. The van der Waals surface area contributed by atoms with Crippen molar-refractivity contribution in [2.24, 2.45) is 4.99 Å². The van der Waals surface area contributed by atoms with Gasteiger partial charge in [-0.25, -0.2) is 4.98 Å². The van der Waals surface area contributed by atoms with Gasteiger partial charge in [0.15, 0.2) is 5.96 Å². The van der Waals surface area contributed by atoms with Gasteiger partial charge in [-0.15, -0.1) is 11.3 Å². The predicted octanol–water partition coefficient (Wildman–Crippen LogP) is 2.96. The lowest BCUT2D eigenvalue weighted by molar-refractivity contribution is 0.0243. The Balaban J connectivity index is 1.39. The summed E-state index contributed by atoms with van der Waals surface area (Å²) in [6.45, 7) is 4.71. The number of para-hydroxylation sites is 1. The van der Waals surface area contributed by atoms with Crippen molar-refractivity contribution in [1.29, 1.82) is 0 Å². The summed E-state index contributed by atoms with van der Waals surface area (Å²) in [5, 5.41) is 7.95. The van der Waals surface area contributed by atoms with Gasteiger partial charge in [0.25, 0.3) is 0 Å². The first-order valence-electron chi connectivity index (χ1n) is 8.61. The van der Waals surface area contributed by atoms with Crippen LogP contribution in [0.2, 0.25) is 0 Å². The van der Waals surface area contributed by atoms with Crippen molar-refractivity contribution in [2.75, 3.05) is 26.7 Å². The minimum absolute atomic E-state index is 0.0569. The van der Waals surface area contributed by atoms with Crippen LogP contribution < -0.4 is 10.6 Å². The molecule has 2 heterocycles. The average molecular weight is 347 g/mol. The number of rotatable bonds is 6. The van der Waals surface area contributed by atoms with Gasteiger partial charge in [0.2, 0.25) is 0 Å². The highest BCUT2D eigenvalue weighted by molar-refractivity contribution is 7.18. The van der Waals surface area contributed by atoms with Crippen molar-refractivity contribution in [1.82, 2.24) is 15.6 Å². The molecular formula is C18H26N4OS. The average Bonchev–Trinajstić information content (AvgIpc) is 3.20. The molecule has 0 saturated carbocycles. The Morgan fingerprint density at radius 2 is 2.25 bits per heavy atom. The van der Waals surface area contributed by atoms with Gasteiger partial charge in [0.05, 0.1) is 20.8 Å². The van der Waals surface area contributed by atoms with Gasteiger partial charge >= 0.3 is 0 Å². The van der Waals surface area contributed by atoms with Crippen molar-refractivity contribution in [3.05, 3.63) is 29.3 Å². The number of aliphatic imine (C=N–C) groups is 1. The Labute approximate surface area is 147 Å². The van der Waals surface area contributed by atoms with E-state index in [4.69, 9.17) is 4.74 Å². The van der Waals surface area contributed by atoms with Gasteiger partial charge < -0.3 is 15.4 Å². The molecule has 1 unspecified atom stereocenters. The second-order valence-corrected chi connectivity index (χ2v) is 7.55. The summed E-state index contributed by atoms with van der Waals surface area (Å²) < 4.78 is 7.06. The largest absolute Gasteiger partial charge is 0.373 e. The summed E-state index contributed by atoms with van der Waals surface area (Å²) in [5.74, 6) is 0.844. The van der Waals surface area contributed by atoms with Crippen LogP contribution in [-0.4, -0.2) is 43.3 Å². The molecule has 1 saturated heterocycles. The fourth-order valence-electron chi connectivity index (χ4n) is 2.94. The normalized spacial score (nSPS) is 21.3. The number of hydrogen-bond acceptors (Lipinski definition) is 4. The molecule has 6 heteroatoms. The van der Waals surface area contributed by atoms with E-state index in [1.165, 1.54) is 9.71 Å². The van der Waals surface area contributed by atoms with Gasteiger partial charge in [-0.3, -0.25) is 4.99 Å². The summed E-state index contributed by atoms with van der Waals surface area (Å²) in [5.41, 5.74) is 1.05. The molecule has 0 aliphatic carbocycles. The van der Waals surface area contributed by atoms with Crippen LogP contribution in [0.1, 0.15) is 31.2 Å². The van der Waals surface area contributed by atoms with Gasteiger partial charge in [0, 0.05) is 33.2 Å². The van der Waals surface area contributed by atoms with E-state index in [0.717, 1.165) is 56.9 Å². The number of benzene rings is 1. The van der Waals surface area contributed by atoms with Crippen LogP contribution in [0, 0.1) is 0 Å². The van der Waals surface area contributed by atoms with E-state index in [1.807, 2.05) is 6.07 Å². The first-order chi connectivity index (χ1) is 11.7. The first kappa shape index (κ1) is 17.2. The third-order valence-corrected chi connectivity index (χ3v) is 5.45. The Morgan fingerprint density at radius 3 is 3.00 bits per heavy atom. The highest BCUT2D eigenvalue weighted by atomic mass is 32.1. The standard InChI is InChI=1S/C18H26N4OS/c1-18(10-6-12-23-18)13-21-17(19-2)20-11-5-9-16-22-14-7-3-4-8-15(14)24-16/h3-4,7-8H,5-6,9-13H2,1-2H3,(H2,19,20,21). The Kier molecular flexibility index (Phi) is 5.68. The zero-order chi connectivity index (χ0) is 16.8. The summed E-state index contributed by atoms with van der Waals surface area (Å²) in [6.07, 6.45) is 4.28. The molecule has 2 aromatic rings. The second-order valence-electron chi connectivity index (χ2n) is 6.43. The molecule has 0 amide bonds. The van der Waals surface area contributed by atoms with Gasteiger partial charge in [-0.1, -0.05) is 12.1 Å². The van der Waals surface area contributed by atoms with E-state index in [9.17, 15) is 0 Å². The molecule has 1 aromatic carbocycles. The van der Waals surface area contributed by atoms with Crippen LogP contribution in [0.15, 0.2) is 29.3 Å². The Bertz CT molecular complexity index is 658. The fraction of sp³-hybridized carbons (Fsp3) is 0.556. The van der Waals surface area contributed by atoms with Gasteiger partial charge in [0.1, 0.15) is 0 Å². The lowest BCUT2D eigenvalue weighted by Gasteiger charge is -2.24. The highest BCUT2D eigenvalue weighted by Crippen LogP contribution is 2.24. The smallest absolute Gasteiger partial charge is 0.191 e. The van der Waals surface area contributed by atoms with Crippen LogP contribution in [0.5, 0.6) is 0 Å². The minimum atomic E-state index is -0.0569. The molecule has 0 radical (unpaired) electrons. The maximum atomic E-state index is 5.80. The zero-order valence-corrected chi connectivity index (χ0v) is 15.3. The number of guanidine groups is 1. The van der Waals surface area contributed by atoms with Crippen molar-refractivity contribution in [3.63, 3.8) is 0 Å². The van der Waals surface area contributed by atoms with Crippen molar-refractivity contribution < 1.29 is 4.74 Å². The molecule has 0 spiro atoms. The monoisotopic (exact) mass is 346 g/mol. The van der Waals surface area contributed by atoms with E-state index in [-0.39, 0.29) is 5.60 Å². The molecule has 1 fully saturated rings. The van der Waals surface area contributed by atoms with E-state index in [0.29, 0.717) is 0 Å². The molecule has 2 N–H and O–H groups in total. The maximum absolute atomic E-state index is 5.80. The van der Waals surface area contributed by atoms with Crippen molar-refractivity contribution >= 4 is 27.5 Å². The van der Waals surface area contributed by atoms with Crippen LogP contribution in [-0.2, 0) is 11.2 Å². The fourth-order valence-corrected chi connectivity index (χ4v) is 3.95. The number of aryl methyl sites for hydroxylation is 1. The molecule has 1 atom stereocenters. The lowest BCUT2D eigenvalue weighted by atomic mass is 10.0. The molecule has 0 bridgehead atoms. The number of nitrogens with one attached hydrogen (secondary N) is 2. The summed E-state index contributed by atoms with van der Waals surface area (Å²) in [4.78, 5) is 8.96. The molecule has 1 aliphatic rings. The summed E-state index contributed by atoms with van der Waals surface area (Å²) in [6, 6.07) is 8.31. The van der Waals surface area contributed by atoms with Crippen LogP contribution in [0.3, 0.4) is 0 Å². The number of nitrogens with zero attached hydrogens (tertiary/aromatic N) is 2. The van der Waals surface area contributed by atoms with Crippen molar-refractivity contribution in [3.8, 4) is 0 Å². The lowest BCUT2D eigenvalue weighted by Crippen LogP contribution is -2.45. The highest BCUT2D eigenvalue weighted by Gasteiger charge is 2.29. The maximum Gasteiger partial charge on any atom is 0.191 e. The second kappa shape index (κ2) is 7.94. The quantitative estimate of drug-likeness (QED) is 0.480. The summed E-state index contributed by atoms with van der Waals surface area (Å²) in [7, 11) is 1.81. The third kappa shape index (κ3) is 4.45. The molecule has 24 heavy (non-hydrogen) atoms. The van der Waals surface area contributed by atoms with Gasteiger partial charge in [-0.2, -0.15) is 0 Å². The molecule has 130 valence electrons. The molecular weight excluding hydrogens is 320 g/mol. The van der Waals surface area contributed by atoms with E-state index in [2.05, 4.69) is 45.7 Å². The molecule has 1 aromatic heterocycles. The van der Waals surface area contributed by atoms with Crippen LogP contribution in [0.25, 0.3) is 10.2 Å². The SMILES string of the molecule is CN=C(NCCCc1nc2ccccc2s1)NCC1(C)CCCO1. The third-order valence-electron chi connectivity index (χ3n) is 4.35. The molecule has 5 nitrogen and oxygen atoms in total. The first-order valence-corrected chi connectivity index (χ1v) is 9.43.